The van der Waals surface area contributed by atoms with Crippen LogP contribution in [0.1, 0.15) is 39.2 Å². The summed E-state index contributed by atoms with van der Waals surface area (Å²) >= 11 is 0. The number of aryl methyl sites for hydroxylation is 1. The van der Waals surface area contributed by atoms with Crippen LogP contribution in [0.2, 0.25) is 0 Å². The molecule has 5 nitrogen and oxygen atoms in total. The van der Waals surface area contributed by atoms with E-state index in [0.29, 0.717) is 11.6 Å². The maximum absolute atomic E-state index is 11.0. The molecule has 3 atom stereocenters. The first-order chi connectivity index (χ1) is 9.92. The second kappa shape index (κ2) is 6.02. The predicted molar refractivity (Wildman–Crippen MR) is 83.7 cm³/mol. The predicted octanol–water partition coefficient (Wildman–Crippen LogP) is 3.91. The minimum atomic E-state index is -0.330. The van der Waals surface area contributed by atoms with Crippen LogP contribution in [0.5, 0.6) is 0 Å². The van der Waals surface area contributed by atoms with Crippen molar-refractivity contribution in [1.29, 1.82) is 0 Å². The number of nitro groups is 1. The third-order valence-electron chi connectivity index (χ3n) is 4.86. The Bertz CT molecular complexity index is 532. The van der Waals surface area contributed by atoms with E-state index in [1.54, 1.807) is 19.1 Å². The fraction of sp³-hybridized carbons (Fsp3) is 0.625. The first kappa shape index (κ1) is 15.8. The molecule has 0 amide bonds. The number of benzene rings is 1. The molecule has 0 aromatic heterocycles. The van der Waals surface area contributed by atoms with Crippen molar-refractivity contribution < 1.29 is 9.66 Å². The Balaban J connectivity index is 2.12. The van der Waals surface area contributed by atoms with Crippen molar-refractivity contribution in [3.8, 4) is 0 Å². The zero-order valence-corrected chi connectivity index (χ0v) is 13.2. The molecule has 1 N–H and O–H groups in total. The lowest BCUT2D eigenvalue weighted by molar-refractivity contribution is -0.385. The first-order valence-corrected chi connectivity index (χ1v) is 7.55. The summed E-state index contributed by atoms with van der Waals surface area (Å²) in [5.41, 5.74) is 1.74. The van der Waals surface area contributed by atoms with Gasteiger partial charge in [-0.15, -0.1) is 0 Å². The number of ether oxygens (including phenoxy) is 1. The maximum Gasteiger partial charge on any atom is 0.274 e. The Morgan fingerprint density at radius 1 is 1.48 bits per heavy atom. The minimum absolute atomic E-state index is 0.0790. The molecule has 0 saturated heterocycles. The molecule has 0 radical (unpaired) electrons. The average Bonchev–Trinajstić information content (AvgIpc) is 2.46. The summed E-state index contributed by atoms with van der Waals surface area (Å²) in [6, 6.07) is 5.62. The molecule has 1 aromatic rings. The number of anilines is 1. The molecule has 2 rings (SSSR count). The Hall–Kier alpha value is -1.62. The SMILES string of the molecule is CCOC1CC(Nc2ccc(C)c([N+](=O)[O-])c2)C1(C)CC. The first-order valence-electron chi connectivity index (χ1n) is 7.55. The van der Waals surface area contributed by atoms with Crippen molar-refractivity contribution in [2.24, 2.45) is 5.41 Å². The van der Waals surface area contributed by atoms with Gasteiger partial charge in [-0.05, 0) is 32.8 Å². The third-order valence-corrected chi connectivity index (χ3v) is 4.86. The van der Waals surface area contributed by atoms with Gasteiger partial charge >= 0.3 is 0 Å². The molecule has 1 aromatic carbocycles. The molecule has 1 saturated carbocycles. The summed E-state index contributed by atoms with van der Waals surface area (Å²) < 4.78 is 5.79. The van der Waals surface area contributed by atoms with Crippen molar-refractivity contribution in [3.05, 3.63) is 33.9 Å². The zero-order valence-electron chi connectivity index (χ0n) is 13.2. The largest absolute Gasteiger partial charge is 0.381 e. The van der Waals surface area contributed by atoms with Gasteiger partial charge in [0, 0.05) is 35.4 Å². The van der Waals surface area contributed by atoms with E-state index < -0.39 is 0 Å². The second-order valence-electron chi connectivity index (χ2n) is 5.99. The number of hydrogen-bond donors (Lipinski definition) is 1. The van der Waals surface area contributed by atoms with Gasteiger partial charge in [0.2, 0.25) is 0 Å². The number of hydrogen-bond acceptors (Lipinski definition) is 4. The van der Waals surface area contributed by atoms with Crippen molar-refractivity contribution in [2.45, 2.75) is 52.7 Å². The smallest absolute Gasteiger partial charge is 0.274 e. The van der Waals surface area contributed by atoms with Gasteiger partial charge in [-0.2, -0.15) is 0 Å². The molecular weight excluding hydrogens is 268 g/mol. The van der Waals surface area contributed by atoms with Crippen LogP contribution in [0.4, 0.5) is 11.4 Å². The molecule has 116 valence electrons. The summed E-state index contributed by atoms with van der Waals surface area (Å²) in [5, 5.41) is 14.5. The molecule has 0 aliphatic heterocycles. The van der Waals surface area contributed by atoms with E-state index >= 15 is 0 Å². The van der Waals surface area contributed by atoms with Gasteiger partial charge in [0.15, 0.2) is 0 Å². The molecule has 1 fully saturated rings. The minimum Gasteiger partial charge on any atom is -0.381 e. The monoisotopic (exact) mass is 292 g/mol. The van der Waals surface area contributed by atoms with E-state index in [0.717, 1.165) is 25.1 Å². The molecule has 3 unspecified atom stereocenters. The van der Waals surface area contributed by atoms with E-state index in [1.165, 1.54) is 0 Å². The Kier molecular flexibility index (Phi) is 4.52. The highest BCUT2D eigenvalue weighted by atomic mass is 16.6. The van der Waals surface area contributed by atoms with Gasteiger partial charge in [0.1, 0.15) is 0 Å². The fourth-order valence-electron chi connectivity index (χ4n) is 3.07. The van der Waals surface area contributed by atoms with Crippen LogP contribution in [0.25, 0.3) is 0 Å². The standard InChI is InChI=1S/C16H24N2O3/c1-5-16(4)14(10-15(16)21-6-2)17-12-8-7-11(3)13(9-12)18(19)20/h7-9,14-15,17H,5-6,10H2,1-4H3. The van der Waals surface area contributed by atoms with Gasteiger partial charge in [0.25, 0.3) is 5.69 Å². The number of rotatable bonds is 6. The molecule has 0 bridgehead atoms. The molecule has 0 spiro atoms. The summed E-state index contributed by atoms with van der Waals surface area (Å²) in [6.45, 7) is 8.88. The number of nitro benzene ring substituents is 1. The van der Waals surface area contributed by atoms with Gasteiger partial charge in [0.05, 0.1) is 11.0 Å². The Morgan fingerprint density at radius 2 is 2.19 bits per heavy atom. The molecule has 1 aliphatic carbocycles. The van der Waals surface area contributed by atoms with Crippen molar-refractivity contribution >= 4 is 11.4 Å². The quantitative estimate of drug-likeness (QED) is 0.637. The zero-order chi connectivity index (χ0) is 15.6. The van der Waals surface area contributed by atoms with Crippen molar-refractivity contribution in [2.75, 3.05) is 11.9 Å². The summed E-state index contributed by atoms with van der Waals surface area (Å²) in [4.78, 5) is 10.7. The van der Waals surface area contributed by atoms with E-state index in [4.69, 9.17) is 4.74 Å². The van der Waals surface area contributed by atoms with E-state index in [1.807, 2.05) is 13.0 Å². The van der Waals surface area contributed by atoms with E-state index in [-0.39, 0.29) is 22.1 Å². The summed E-state index contributed by atoms with van der Waals surface area (Å²) in [5.74, 6) is 0. The van der Waals surface area contributed by atoms with Crippen molar-refractivity contribution in [1.82, 2.24) is 0 Å². The van der Waals surface area contributed by atoms with Gasteiger partial charge in [-0.1, -0.05) is 19.9 Å². The average molecular weight is 292 g/mol. The topological polar surface area (TPSA) is 64.4 Å². The Morgan fingerprint density at radius 3 is 2.76 bits per heavy atom. The van der Waals surface area contributed by atoms with Gasteiger partial charge < -0.3 is 10.1 Å². The third kappa shape index (κ3) is 2.88. The van der Waals surface area contributed by atoms with Crippen LogP contribution in [-0.4, -0.2) is 23.7 Å². The lowest BCUT2D eigenvalue weighted by Gasteiger charge is -2.53. The highest BCUT2D eigenvalue weighted by Crippen LogP contribution is 2.47. The number of nitrogens with one attached hydrogen (secondary N) is 1. The lowest BCUT2D eigenvalue weighted by Crippen LogP contribution is -2.59. The highest BCUT2D eigenvalue weighted by Gasteiger charge is 2.51. The summed E-state index contributed by atoms with van der Waals surface area (Å²) in [7, 11) is 0. The van der Waals surface area contributed by atoms with Crippen LogP contribution < -0.4 is 5.32 Å². The molecule has 1 aliphatic rings. The Labute approximate surface area is 125 Å². The summed E-state index contributed by atoms with van der Waals surface area (Å²) in [6.07, 6.45) is 2.23. The molecule has 5 heteroatoms. The van der Waals surface area contributed by atoms with Gasteiger partial charge in [-0.3, -0.25) is 10.1 Å². The normalized spacial score (nSPS) is 28.0. The van der Waals surface area contributed by atoms with Crippen LogP contribution in [0, 0.1) is 22.5 Å². The van der Waals surface area contributed by atoms with Crippen LogP contribution in [0.15, 0.2) is 18.2 Å². The second-order valence-corrected chi connectivity index (χ2v) is 5.99. The molecular formula is C16H24N2O3. The molecule has 21 heavy (non-hydrogen) atoms. The van der Waals surface area contributed by atoms with Crippen LogP contribution >= 0.6 is 0 Å². The number of nitrogens with zero attached hydrogens (tertiary/aromatic N) is 1. The van der Waals surface area contributed by atoms with E-state index in [9.17, 15) is 10.1 Å². The van der Waals surface area contributed by atoms with Crippen molar-refractivity contribution in [3.63, 3.8) is 0 Å². The lowest BCUT2D eigenvalue weighted by atomic mass is 9.61. The van der Waals surface area contributed by atoms with Gasteiger partial charge in [-0.25, -0.2) is 0 Å². The van der Waals surface area contributed by atoms with Crippen LogP contribution in [0.3, 0.4) is 0 Å². The maximum atomic E-state index is 11.0. The highest BCUT2D eigenvalue weighted by molar-refractivity contribution is 5.56. The molecule has 0 heterocycles. The van der Waals surface area contributed by atoms with E-state index in [2.05, 4.69) is 19.2 Å². The fourth-order valence-corrected chi connectivity index (χ4v) is 3.07. The van der Waals surface area contributed by atoms with Crippen LogP contribution in [-0.2, 0) is 4.74 Å².